The van der Waals surface area contributed by atoms with Crippen LogP contribution in [0.1, 0.15) is 18.5 Å². The molecule has 3 aromatic rings. The van der Waals surface area contributed by atoms with E-state index in [0.717, 1.165) is 10.0 Å². The summed E-state index contributed by atoms with van der Waals surface area (Å²) >= 11 is 0. The normalized spacial score (nSPS) is 16.7. The molecule has 0 unspecified atom stereocenters. The van der Waals surface area contributed by atoms with Crippen molar-refractivity contribution in [2.75, 3.05) is 19.6 Å². The Morgan fingerprint density at radius 1 is 0.943 bits per heavy atom. The lowest BCUT2D eigenvalue weighted by atomic mass is 9.97. The first-order chi connectivity index (χ1) is 16.4. The first-order valence-corrected chi connectivity index (χ1v) is 13.7. The van der Waals surface area contributed by atoms with Crippen LogP contribution >= 0.6 is 0 Å². The third-order valence-electron chi connectivity index (χ3n) is 6.05. The number of nitrogens with one attached hydrogen (secondary N) is 1. The van der Waals surface area contributed by atoms with Gasteiger partial charge in [-0.05, 0) is 56.1 Å². The molecular formula is C22H23F4N3O4S2. The van der Waals surface area contributed by atoms with E-state index in [0.29, 0.717) is 42.5 Å². The molecule has 2 heterocycles. The van der Waals surface area contributed by atoms with Crippen LogP contribution in [0.2, 0.25) is 0 Å². The molecule has 2 aromatic carbocycles. The van der Waals surface area contributed by atoms with Crippen LogP contribution in [0.25, 0.3) is 10.9 Å². The molecule has 0 spiro atoms. The van der Waals surface area contributed by atoms with Gasteiger partial charge in [-0.25, -0.2) is 29.9 Å². The molecule has 0 atom stereocenters. The number of aromatic nitrogens is 1. The van der Waals surface area contributed by atoms with Crippen molar-refractivity contribution in [2.45, 2.75) is 29.8 Å². The number of para-hydroxylation sites is 1. The molecule has 1 aliphatic heterocycles. The largest absolute Gasteiger partial charge is 0.511 e. The van der Waals surface area contributed by atoms with Gasteiger partial charge in [-0.1, -0.05) is 30.3 Å². The summed E-state index contributed by atoms with van der Waals surface area (Å²) in [5, 5.41) is 0.666. The fourth-order valence-corrected chi connectivity index (χ4v) is 6.45. The van der Waals surface area contributed by atoms with Crippen molar-refractivity contribution in [1.29, 1.82) is 0 Å². The highest BCUT2D eigenvalue weighted by Crippen LogP contribution is 2.29. The molecule has 0 radical (unpaired) electrons. The van der Waals surface area contributed by atoms with E-state index in [1.165, 1.54) is 18.2 Å². The number of alkyl halides is 3. The fourth-order valence-electron chi connectivity index (χ4n) is 4.22. The van der Waals surface area contributed by atoms with Crippen molar-refractivity contribution in [3.8, 4) is 0 Å². The zero-order valence-electron chi connectivity index (χ0n) is 18.4. The molecule has 0 saturated carbocycles. The predicted molar refractivity (Wildman–Crippen MR) is 122 cm³/mol. The highest BCUT2D eigenvalue weighted by molar-refractivity contribution is 7.90. The van der Waals surface area contributed by atoms with Crippen molar-refractivity contribution < 1.29 is 34.4 Å². The smallest absolute Gasteiger partial charge is 0.298 e. The Balaban J connectivity index is 1.53. The van der Waals surface area contributed by atoms with E-state index in [1.54, 1.807) is 35.1 Å². The third-order valence-corrected chi connectivity index (χ3v) is 9.01. The van der Waals surface area contributed by atoms with Gasteiger partial charge in [0.2, 0.25) is 0 Å². The summed E-state index contributed by atoms with van der Waals surface area (Å²) in [6.45, 7) is 0.750. The predicted octanol–water partition coefficient (Wildman–Crippen LogP) is 3.67. The maximum absolute atomic E-state index is 14.4. The van der Waals surface area contributed by atoms with Gasteiger partial charge < -0.3 is 0 Å². The van der Waals surface area contributed by atoms with Crippen LogP contribution in [0.5, 0.6) is 0 Å². The minimum atomic E-state index is -5.39. The van der Waals surface area contributed by atoms with Gasteiger partial charge >= 0.3 is 15.5 Å². The third kappa shape index (κ3) is 5.22. The molecule has 0 bridgehead atoms. The molecule has 35 heavy (non-hydrogen) atoms. The summed E-state index contributed by atoms with van der Waals surface area (Å²) in [5.74, 6) is -1.14. The Kier molecular flexibility index (Phi) is 6.97. The van der Waals surface area contributed by atoms with Crippen LogP contribution in [0.4, 0.5) is 17.6 Å². The lowest BCUT2D eigenvalue weighted by Gasteiger charge is -2.32. The summed E-state index contributed by atoms with van der Waals surface area (Å²) < 4.78 is 104. The second kappa shape index (κ2) is 9.52. The van der Waals surface area contributed by atoms with Crippen LogP contribution in [-0.2, 0) is 26.6 Å². The van der Waals surface area contributed by atoms with Crippen molar-refractivity contribution in [3.05, 3.63) is 66.1 Å². The maximum Gasteiger partial charge on any atom is 0.511 e. The molecule has 1 N–H and O–H groups in total. The minimum absolute atomic E-state index is 0.212. The average molecular weight is 534 g/mol. The van der Waals surface area contributed by atoms with Crippen molar-refractivity contribution in [2.24, 2.45) is 5.92 Å². The number of fused-ring (bicyclic) bond motifs is 1. The van der Waals surface area contributed by atoms with Crippen molar-refractivity contribution in [3.63, 3.8) is 0 Å². The molecular weight excluding hydrogens is 510 g/mol. The lowest BCUT2D eigenvalue weighted by molar-refractivity contribution is -0.0449. The van der Waals surface area contributed by atoms with Crippen LogP contribution in [0, 0.1) is 11.7 Å². The standard InChI is InChI=1S/C22H23F4N3O4S2/c23-19-6-2-4-8-21(19)34(30,31)29-18(13-17-5-1-3-7-20(17)29)15-28-11-9-16(10-12-28)14-27-35(32,33)22(24,25)26/h1-8,13,16,27H,9-12,14-15H2. The fraction of sp³-hybridized carbons (Fsp3) is 0.364. The molecule has 1 aromatic heterocycles. The topological polar surface area (TPSA) is 88.5 Å². The number of likely N-dealkylation sites (tertiary alicyclic amines) is 1. The van der Waals surface area contributed by atoms with Crippen LogP contribution in [0.3, 0.4) is 0 Å². The number of sulfonamides is 1. The van der Waals surface area contributed by atoms with Crippen LogP contribution in [0.15, 0.2) is 59.5 Å². The highest BCUT2D eigenvalue weighted by atomic mass is 32.2. The zero-order chi connectivity index (χ0) is 25.4. The van der Waals surface area contributed by atoms with Gasteiger partial charge in [-0.15, -0.1) is 0 Å². The average Bonchev–Trinajstić information content (AvgIpc) is 3.16. The van der Waals surface area contributed by atoms with Crippen LogP contribution in [-0.4, -0.2) is 50.9 Å². The SMILES string of the molecule is O=S(=O)(c1ccccc1F)n1c(CN2CCC(CNS(=O)(=O)C(F)(F)F)CC2)cc2ccccc21. The Morgan fingerprint density at radius 3 is 2.23 bits per heavy atom. The van der Waals surface area contributed by atoms with Gasteiger partial charge in [0.05, 0.1) is 5.52 Å². The number of hydrogen-bond acceptors (Lipinski definition) is 5. The summed E-state index contributed by atoms with van der Waals surface area (Å²) in [4.78, 5) is 1.49. The zero-order valence-corrected chi connectivity index (χ0v) is 20.0. The van der Waals surface area contributed by atoms with Gasteiger partial charge in [0.1, 0.15) is 10.7 Å². The number of piperidine rings is 1. The lowest BCUT2D eigenvalue weighted by Crippen LogP contribution is -2.42. The van der Waals surface area contributed by atoms with Gasteiger partial charge in [-0.2, -0.15) is 13.2 Å². The van der Waals surface area contributed by atoms with E-state index in [2.05, 4.69) is 0 Å². The Hall–Kier alpha value is -2.48. The number of rotatable bonds is 7. The highest BCUT2D eigenvalue weighted by Gasteiger charge is 2.45. The van der Waals surface area contributed by atoms with Gasteiger partial charge in [0.25, 0.3) is 10.0 Å². The maximum atomic E-state index is 14.4. The van der Waals surface area contributed by atoms with Crippen LogP contribution < -0.4 is 4.72 Å². The Bertz CT molecular complexity index is 1430. The summed E-state index contributed by atoms with van der Waals surface area (Å²) in [5.41, 5.74) is -4.53. The molecule has 190 valence electrons. The van der Waals surface area contributed by atoms with E-state index in [1.807, 2.05) is 4.90 Å². The van der Waals surface area contributed by atoms with Gasteiger partial charge in [0.15, 0.2) is 0 Å². The Labute approximate surface area is 200 Å². The second-order valence-corrected chi connectivity index (χ2v) is 11.9. The number of halogens is 4. The molecule has 0 amide bonds. The molecule has 1 fully saturated rings. The van der Waals surface area contributed by atoms with E-state index < -0.39 is 36.3 Å². The quantitative estimate of drug-likeness (QED) is 0.469. The molecule has 4 rings (SSSR count). The summed E-state index contributed by atoms with van der Waals surface area (Å²) in [7, 11) is -9.64. The molecule has 1 aliphatic rings. The van der Waals surface area contributed by atoms with Gasteiger partial charge in [0, 0.05) is 24.2 Å². The number of nitrogens with zero attached hydrogens (tertiary/aromatic N) is 2. The summed E-state index contributed by atoms with van der Waals surface area (Å²) in [6, 6.07) is 13.7. The van der Waals surface area contributed by atoms with Gasteiger partial charge in [-0.3, -0.25) is 4.90 Å². The monoisotopic (exact) mass is 533 g/mol. The van der Waals surface area contributed by atoms with Crippen molar-refractivity contribution >= 4 is 30.9 Å². The first-order valence-electron chi connectivity index (χ1n) is 10.8. The first kappa shape index (κ1) is 25.6. The number of hydrogen-bond donors (Lipinski definition) is 1. The molecule has 0 aliphatic carbocycles. The van der Waals surface area contributed by atoms with Crippen molar-refractivity contribution in [1.82, 2.24) is 13.6 Å². The minimum Gasteiger partial charge on any atom is -0.298 e. The molecule has 7 nitrogen and oxygen atoms in total. The van der Waals surface area contributed by atoms with E-state index in [4.69, 9.17) is 0 Å². The molecule has 13 heteroatoms. The number of benzene rings is 2. The van der Waals surface area contributed by atoms with E-state index >= 15 is 0 Å². The van der Waals surface area contributed by atoms with E-state index in [-0.39, 0.29) is 19.0 Å². The van der Waals surface area contributed by atoms with E-state index in [9.17, 15) is 34.4 Å². The summed E-state index contributed by atoms with van der Waals surface area (Å²) in [6.07, 6.45) is 0.862. The Morgan fingerprint density at radius 2 is 1.57 bits per heavy atom. The second-order valence-electron chi connectivity index (χ2n) is 8.41. The molecule has 1 saturated heterocycles.